The van der Waals surface area contributed by atoms with Gasteiger partial charge >= 0.3 is 6.18 Å². The van der Waals surface area contributed by atoms with Gasteiger partial charge in [0.05, 0.1) is 15.8 Å². The molecular formula is C8H6BrF3N2S. The van der Waals surface area contributed by atoms with Crippen LogP contribution >= 0.6 is 28.3 Å². The molecule has 0 unspecified atom stereocenters. The molecule has 2 N–H and O–H groups in total. The van der Waals surface area contributed by atoms with E-state index < -0.39 is 11.7 Å². The van der Waals surface area contributed by atoms with Gasteiger partial charge in [-0.15, -0.1) is 17.0 Å². The zero-order valence-electron chi connectivity index (χ0n) is 7.21. The van der Waals surface area contributed by atoms with Crippen molar-refractivity contribution in [3.05, 3.63) is 23.8 Å². The van der Waals surface area contributed by atoms with E-state index in [0.29, 0.717) is 4.70 Å². The van der Waals surface area contributed by atoms with Gasteiger partial charge in [0.25, 0.3) is 0 Å². The predicted molar refractivity (Wildman–Crippen MR) is 59.4 cm³/mol. The highest BCUT2D eigenvalue weighted by Gasteiger charge is 2.33. The molecule has 0 aliphatic heterocycles. The molecule has 1 heterocycles. The number of hydrogen-bond acceptors (Lipinski definition) is 3. The number of nitrogens with zero attached hydrogens (tertiary/aromatic N) is 1. The van der Waals surface area contributed by atoms with Gasteiger partial charge in [0.2, 0.25) is 0 Å². The van der Waals surface area contributed by atoms with Gasteiger partial charge in [0, 0.05) is 0 Å². The second kappa shape index (κ2) is 3.97. The van der Waals surface area contributed by atoms with Crippen LogP contribution in [0, 0.1) is 0 Å². The summed E-state index contributed by atoms with van der Waals surface area (Å²) in [6.45, 7) is 0. The van der Waals surface area contributed by atoms with Crippen molar-refractivity contribution in [2.75, 3.05) is 5.73 Å². The minimum absolute atomic E-state index is 0. The minimum Gasteiger partial charge on any atom is -0.375 e. The smallest absolute Gasteiger partial charge is 0.375 e. The third-order valence-corrected chi connectivity index (χ3v) is 2.59. The summed E-state index contributed by atoms with van der Waals surface area (Å²) in [7, 11) is 0. The SMILES string of the molecule is Br.Nc1nc2c(C(F)(F)F)cccc2s1. The van der Waals surface area contributed by atoms with E-state index in [1.54, 1.807) is 6.07 Å². The molecule has 82 valence electrons. The standard InChI is InChI=1S/C8H5F3N2S.BrH/c9-8(10,11)4-2-1-3-5-6(4)13-7(12)14-5;/h1-3H,(H2,12,13);1H. The highest BCUT2D eigenvalue weighted by molar-refractivity contribution is 8.93. The molecule has 0 bridgehead atoms. The lowest BCUT2D eigenvalue weighted by molar-refractivity contribution is -0.136. The van der Waals surface area contributed by atoms with Crippen molar-refractivity contribution in [2.24, 2.45) is 0 Å². The predicted octanol–water partition coefficient (Wildman–Crippen LogP) is 3.48. The van der Waals surface area contributed by atoms with Crippen molar-refractivity contribution >= 4 is 43.7 Å². The number of para-hydroxylation sites is 1. The number of hydrogen-bond donors (Lipinski definition) is 1. The average Bonchev–Trinajstić information content (AvgIpc) is 2.41. The fourth-order valence-electron chi connectivity index (χ4n) is 1.19. The fourth-order valence-corrected chi connectivity index (χ4v) is 1.96. The molecule has 0 saturated carbocycles. The molecule has 0 spiro atoms. The topological polar surface area (TPSA) is 38.9 Å². The first-order valence-corrected chi connectivity index (χ1v) is 4.52. The molecule has 2 rings (SSSR count). The minimum atomic E-state index is -4.37. The number of rotatable bonds is 0. The molecule has 7 heteroatoms. The summed E-state index contributed by atoms with van der Waals surface area (Å²) in [6, 6.07) is 3.92. The van der Waals surface area contributed by atoms with Crippen LogP contribution < -0.4 is 5.73 Å². The normalized spacial score (nSPS) is 11.4. The molecule has 1 aromatic carbocycles. The second-order valence-electron chi connectivity index (χ2n) is 2.70. The van der Waals surface area contributed by atoms with E-state index in [2.05, 4.69) is 4.98 Å². The van der Waals surface area contributed by atoms with Crippen LogP contribution in [-0.4, -0.2) is 4.98 Å². The molecule has 0 fully saturated rings. The van der Waals surface area contributed by atoms with Crippen LogP contribution in [0.3, 0.4) is 0 Å². The van der Waals surface area contributed by atoms with Crippen LogP contribution in [0.4, 0.5) is 18.3 Å². The first-order chi connectivity index (χ1) is 6.48. The first kappa shape index (κ1) is 12.3. The number of nitrogens with two attached hydrogens (primary N) is 1. The Morgan fingerprint density at radius 1 is 1.27 bits per heavy atom. The Labute approximate surface area is 97.7 Å². The van der Waals surface area contributed by atoms with E-state index in [4.69, 9.17) is 5.73 Å². The van der Waals surface area contributed by atoms with Gasteiger partial charge < -0.3 is 5.73 Å². The highest BCUT2D eigenvalue weighted by atomic mass is 79.9. The van der Waals surface area contributed by atoms with Crippen LogP contribution in [0.15, 0.2) is 18.2 Å². The van der Waals surface area contributed by atoms with E-state index in [9.17, 15) is 13.2 Å². The maximum Gasteiger partial charge on any atom is 0.418 e. The second-order valence-corrected chi connectivity index (χ2v) is 3.76. The number of benzene rings is 1. The zero-order valence-corrected chi connectivity index (χ0v) is 9.74. The van der Waals surface area contributed by atoms with Gasteiger partial charge in [0.1, 0.15) is 0 Å². The van der Waals surface area contributed by atoms with Crippen molar-refractivity contribution in [3.8, 4) is 0 Å². The van der Waals surface area contributed by atoms with E-state index in [1.807, 2.05) is 0 Å². The summed E-state index contributed by atoms with van der Waals surface area (Å²) in [6.07, 6.45) is -4.37. The molecule has 0 amide bonds. The number of nitrogen functional groups attached to an aromatic ring is 1. The lowest BCUT2D eigenvalue weighted by Crippen LogP contribution is -2.05. The summed E-state index contributed by atoms with van der Waals surface area (Å²) >= 11 is 1.05. The van der Waals surface area contributed by atoms with Crippen molar-refractivity contribution < 1.29 is 13.2 Å². The van der Waals surface area contributed by atoms with Crippen LogP contribution in [0.5, 0.6) is 0 Å². The largest absolute Gasteiger partial charge is 0.418 e. The van der Waals surface area contributed by atoms with Gasteiger partial charge in [-0.25, -0.2) is 4.98 Å². The lowest BCUT2D eigenvalue weighted by atomic mass is 10.2. The van der Waals surface area contributed by atoms with Crippen LogP contribution in [-0.2, 0) is 6.18 Å². The van der Waals surface area contributed by atoms with Gasteiger partial charge in [-0.05, 0) is 12.1 Å². The van der Waals surface area contributed by atoms with E-state index in [1.165, 1.54) is 6.07 Å². The molecular weight excluding hydrogens is 293 g/mol. The molecule has 2 aromatic rings. The summed E-state index contributed by atoms with van der Waals surface area (Å²) in [5, 5.41) is 0.150. The maximum atomic E-state index is 12.5. The Morgan fingerprint density at radius 2 is 1.93 bits per heavy atom. The quantitative estimate of drug-likeness (QED) is 0.809. The van der Waals surface area contributed by atoms with Crippen molar-refractivity contribution in [1.29, 1.82) is 0 Å². The number of fused-ring (bicyclic) bond motifs is 1. The number of halogens is 4. The van der Waals surface area contributed by atoms with Crippen molar-refractivity contribution in [2.45, 2.75) is 6.18 Å². The van der Waals surface area contributed by atoms with Gasteiger partial charge in [-0.3, -0.25) is 0 Å². The van der Waals surface area contributed by atoms with E-state index in [0.717, 1.165) is 17.4 Å². The third kappa shape index (κ3) is 2.23. The molecule has 0 atom stereocenters. The third-order valence-electron chi connectivity index (χ3n) is 1.74. The Bertz CT molecular complexity index is 480. The van der Waals surface area contributed by atoms with Crippen molar-refractivity contribution in [3.63, 3.8) is 0 Å². The Morgan fingerprint density at radius 3 is 2.53 bits per heavy atom. The summed E-state index contributed by atoms with van der Waals surface area (Å²) in [5.41, 5.74) is 4.54. The Kier molecular flexibility index (Phi) is 3.25. The first-order valence-electron chi connectivity index (χ1n) is 3.71. The fraction of sp³-hybridized carbons (Fsp3) is 0.125. The van der Waals surface area contributed by atoms with E-state index in [-0.39, 0.29) is 27.6 Å². The highest BCUT2D eigenvalue weighted by Crippen LogP contribution is 2.36. The monoisotopic (exact) mass is 298 g/mol. The van der Waals surface area contributed by atoms with Crippen LogP contribution in [0.1, 0.15) is 5.56 Å². The molecule has 15 heavy (non-hydrogen) atoms. The number of aromatic nitrogens is 1. The lowest BCUT2D eigenvalue weighted by Gasteiger charge is -2.05. The summed E-state index contributed by atoms with van der Waals surface area (Å²) in [5.74, 6) is 0. The van der Waals surface area contributed by atoms with Crippen molar-refractivity contribution in [1.82, 2.24) is 4.98 Å². The van der Waals surface area contributed by atoms with Gasteiger partial charge in [0.15, 0.2) is 5.13 Å². The average molecular weight is 299 g/mol. The molecule has 0 radical (unpaired) electrons. The van der Waals surface area contributed by atoms with Gasteiger partial charge in [-0.1, -0.05) is 17.4 Å². The van der Waals surface area contributed by atoms with Crippen LogP contribution in [0.2, 0.25) is 0 Å². The molecule has 0 aliphatic carbocycles. The Balaban J connectivity index is 0.00000112. The van der Waals surface area contributed by atoms with E-state index >= 15 is 0 Å². The Hall–Kier alpha value is -0.820. The number of thiazole rings is 1. The summed E-state index contributed by atoms with van der Waals surface area (Å²) in [4.78, 5) is 3.66. The maximum absolute atomic E-state index is 12.5. The number of anilines is 1. The summed E-state index contributed by atoms with van der Waals surface area (Å²) < 4.78 is 37.8. The number of alkyl halides is 3. The molecule has 0 aliphatic rings. The molecule has 1 aromatic heterocycles. The van der Waals surface area contributed by atoms with Crippen LogP contribution in [0.25, 0.3) is 10.2 Å². The zero-order chi connectivity index (χ0) is 10.3. The van der Waals surface area contributed by atoms with Gasteiger partial charge in [-0.2, -0.15) is 13.2 Å². The molecule has 2 nitrogen and oxygen atoms in total. The molecule has 0 saturated heterocycles.